The second kappa shape index (κ2) is 10.2. The van der Waals surface area contributed by atoms with Crippen LogP contribution in [-0.4, -0.2) is 22.2 Å². The van der Waals surface area contributed by atoms with E-state index in [0.717, 1.165) is 27.8 Å². The second-order valence-electron chi connectivity index (χ2n) is 9.81. The van der Waals surface area contributed by atoms with Gasteiger partial charge in [0, 0.05) is 11.1 Å². The molecule has 1 atom stereocenters. The van der Waals surface area contributed by atoms with E-state index in [0.29, 0.717) is 35.4 Å². The van der Waals surface area contributed by atoms with Gasteiger partial charge in [-0.2, -0.15) is 0 Å². The van der Waals surface area contributed by atoms with Gasteiger partial charge in [0.1, 0.15) is 12.8 Å². The van der Waals surface area contributed by atoms with E-state index >= 15 is 0 Å². The summed E-state index contributed by atoms with van der Waals surface area (Å²) in [7, 11) is 0. The number of benzene rings is 3. The summed E-state index contributed by atoms with van der Waals surface area (Å²) >= 11 is 0. The molecule has 1 heterocycles. The molecule has 1 N–H and O–H groups in total. The number of hydrogen-bond acceptors (Lipinski definition) is 5. The zero-order chi connectivity index (χ0) is 26.9. The molecule has 0 bridgehead atoms. The quantitative estimate of drug-likeness (QED) is 0.250. The summed E-state index contributed by atoms with van der Waals surface area (Å²) in [5, 5.41) is 13.6. The van der Waals surface area contributed by atoms with Crippen LogP contribution in [0.15, 0.2) is 77.3 Å². The van der Waals surface area contributed by atoms with Crippen molar-refractivity contribution >= 4 is 11.9 Å². The first-order valence-electron chi connectivity index (χ1n) is 12.5. The van der Waals surface area contributed by atoms with Crippen molar-refractivity contribution in [1.82, 2.24) is 5.16 Å². The molecule has 0 unspecified atom stereocenters. The van der Waals surface area contributed by atoms with Crippen molar-refractivity contribution in [2.24, 2.45) is 0 Å². The van der Waals surface area contributed by atoms with Gasteiger partial charge in [0.05, 0.1) is 17.5 Å². The fourth-order valence-electron chi connectivity index (χ4n) is 4.75. The van der Waals surface area contributed by atoms with Crippen molar-refractivity contribution < 1.29 is 28.3 Å². The second-order valence-corrected chi connectivity index (χ2v) is 9.81. The zero-order valence-electron chi connectivity index (χ0n) is 21.2. The van der Waals surface area contributed by atoms with E-state index in [-0.39, 0.29) is 6.42 Å². The predicted octanol–water partition coefficient (Wildman–Crippen LogP) is 6.75. The molecule has 1 fully saturated rings. The highest BCUT2D eigenvalue weighted by atomic mass is 18.2. The maximum absolute atomic E-state index is 13.0. The Balaban J connectivity index is 1.29. The van der Waals surface area contributed by atoms with Gasteiger partial charge in [-0.15, -0.1) is 0 Å². The summed E-state index contributed by atoms with van der Waals surface area (Å²) in [4.78, 5) is 24.4. The molecule has 5 rings (SSSR count). The molecule has 3 aromatic carbocycles. The lowest BCUT2D eigenvalue weighted by Crippen LogP contribution is -2.19. The highest BCUT2D eigenvalue weighted by molar-refractivity contribution is 5.85. The smallest absolute Gasteiger partial charge is 0.314 e. The molecule has 0 saturated heterocycles. The molecule has 6 nitrogen and oxygen atoms in total. The third-order valence-electron chi connectivity index (χ3n) is 7.27. The Bertz CT molecular complexity index is 1470. The number of ether oxygens (including phenoxy) is 1. The Morgan fingerprint density at radius 1 is 1.03 bits per heavy atom. The average molecular weight is 513 g/mol. The maximum atomic E-state index is 13.0. The van der Waals surface area contributed by atoms with Crippen LogP contribution in [0.1, 0.15) is 53.8 Å². The normalized spacial score (nSPS) is 14.6. The molecule has 0 amide bonds. The fraction of sp³-hybridized carbons (Fsp3) is 0.258. The highest BCUT2D eigenvalue weighted by Gasteiger charge is 2.51. The predicted molar refractivity (Wildman–Crippen MR) is 140 cm³/mol. The summed E-state index contributed by atoms with van der Waals surface area (Å²) in [5.74, 6) is -0.690. The lowest BCUT2D eigenvalue weighted by Gasteiger charge is -2.14. The minimum absolute atomic E-state index is 0.00759. The van der Waals surface area contributed by atoms with Crippen molar-refractivity contribution in [2.45, 2.75) is 51.3 Å². The third kappa shape index (κ3) is 4.96. The molecule has 1 saturated carbocycles. The Kier molecular flexibility index (Phi) is 6.85. The van der Waals surface area contributed by atoms with Gasteiger partial charge >= 0.3 is 11.9 Å². The number of aryl methyl sites for hydroxylation is 1. The van der Waals surface area contributed by atoms with Crippen molar-refractivity contribution in [3.8, 4) is 22.5 Å². The molecule has 0 spiro atoms. The van der Waals surface area contributed by atoms with Gasteiger partial charge in [0.15, 0.2) is 5.76 Å². The molecule has 1 aliphatic carbocycles. The van der Waals surface area contributed by atoms with Crippen LogP contribution in [-0.2, 0) is 32.8 Å². The summed E-state index contributed by atoms with van der Waals surface area (Å²) in [6, 6.07) is 22.3. The van der Waals surface area contributed by atoms with Gasteiger partial charge in [-0.1, -0.05) is 71.9 Å². The number of alkyl halides is 1. The van der Waals surface area contributed by atoms with E-state index in [4.69, 9.17) is 9.26 Å². The number of carboxylic acids is 1. The summed E-state index contributed by atoms with van der Waals surface area (Å²) in [6.45, 7) is 2.96. The van der Waals surface area contributed by atoms with E-state index in [1.807, 2.05) is 48.5 Å². The maximum Gasteiger partial charge on any atom is 0.314 e. The first kappa shape index (κ1) is 25.4. The molecule has 1 aromatic heterocycles. The van der Waals surface area contributed by atoms with Gasteiger partial charge in [-0.25, -0.2) is 4.39 Å². The van der Waals surface area contributed by atoms with Crippen molar-refractivity contribution in [3.63, 3.8) is 0 Å². The number of aliphatic carboxylic acids is 1. The Hall–Kier alpha value is -4.26. The van der Waals surface area contributed by atoms with Crippen LogP contribution >= 0.6 is 0 Å². The van der Waals surface area contributed by atoms with Crippen molar-refractivity contribution in [2.75, 3.05) is 0 Å². The van der Waals surface area contributed by atoms with Crippen LogP contribution in [0.25, 0.3) is 22.5 Å². The van der Waals surface area contributed by atoms with Gasteiger partial charge in [-0.3, -0.25) is 9.59 Å². The molecular formula is C31H28FNO5. The number of carbonyl (C=O) groups is 2. The highest BCUT2D eigenvalue weighted by Crippen LogP contribution is 2.48. The lowest BCUT2D eigenvalue weighted by molar-refractivity contribution is -0.147. The SMILES string of the molecule is Cc1noc(-c2ccc(-c3ccc(C4(C(=O)O)CC4)cc3)cc2)c1CC(=O)O[C@H](C)c1cccc(C[18F])c1. The molecule has 4 aromatic rings. The summed E-state index contributed by atoms with van der Waals surface area (Å²) < 4.78 is 24.2. The minimum atomic E-state index is -0.767. The van der Waals surface area contributed by atoms with Gasteiger partial charge in [0.25, 0.3) is 0 Å². The number of carboxylic acid groups (broad SMARTS) is 1. The van der Waals surface area contributed by atoms with Crippen LogP contribution in [0.5, 0.6) is 0 Å². The fourth-order valence-corrected chi connectivity index (χ4v) is 4.75. The van der Waals surface area contributed by atoms with E-state index in [9.17, 15) is 19.1 Å². The number of esters is 1. The minimum Gasteiger partial charge on any atom is -0.481 e. The Morgan fingerprint density at radius 3 is 2.26 bits per heavy atom. The number of carbonyl (C=O) groups excluding carboxylic acids is 1. The van der Waals surface area contributed by atoms with E-state index < -0.39 is 30.1 Å². The number of aromatic nitrogens is 1. The van der Waals surface area contributed by atoms with E-state index in [2.05, 4.69) is 5.16 Å². The van der Waals surface area contributed by atoms with Crippen LogP contribution in [0.2, 0.25) is 0 Å². The molecule has 1 aliphatic rings. The van der Waals surface area contributed by atoms with E-state index in [1.54, 1.807) is 38.1 Å². The first-order chi connectivity index (χ1) is 18.3. The summed E-state index contributed by atoms with van der Waals surface area (Å²) in [6.07, 6.45) is 0.822. The Morgan fingerprint density at radius 2 is 1.66 bits per heavy atom. The zero-order valence-corrected chi connectivity index (χ0v) is 21.2. The monoisotopic (exact) mass is 512 g/mol. The molecular weight excluding hydrogens is 484 g/mol. The first-order valence-corrected chi connectivity index (χ1v) is 12.5. The van der Waals surface area contributed by atoms with Crippen LogP contribution in [0, 0.1) is 6.92 Å². The van der Waals surface area contributed by atoms with Crippen LogP contribution in [0.3, 0.4) is 0 Å². The topological polar surface area (TPSA) is 89.6 Å². The number of rotatable bonds is 9. The Labute approximate surface area is 220 Å². The molecule has 0 aliphatic heterocycles. The van der Waals surface area contributed by atoms with E-state index in [1.165, 1.54) is 0 Å². The number of nitrogens with zero attached hydrogens (tertiary/aromatic N) is 1. The molecule has 38 heavy (non-hydrogen) atoms. The molecule has 0 radical (unpaired) electrons. The van der Waals surface area contributed by atoms with Crippen LogP contribution in [0.4, 0.5) is 4.39 Å². The summed E-state index contributed by atoms with van der Waals surface area (Å²) in [5.41, 5.74) is 5.37. The lowest BCUT2D eigenvalue weighted by atomic mass is 9.93. The standard InChI is InChI=1S/C31H28FNO5/c1-19-27(17-28(34)37-20(2)25-5-3-4-21(16-25)18-32)29(38-33-19)24-8-6-22(7-9-24)23-10-12-26(13-11-23)31(14-15-31)30(35)36/h3-13,16,20H,14-15,17-18H2,1-2H3,(H,35,36)/t20-/m1/s1/i32-1. The largest absolute Gasteiger partial charge is 0.481 e. The van der Waals surface area contributed by atoms with Crippen molar-refractivity contribution in [1.29, 1.82) is 0 Å². The van der Waals surface area contributed by atoms with Gasteiger partial charge < -0.3 is 14.4 Å². The molecule has 7 heteroatoms. The van der Waals surface area contributed by atoms with Gasteiger partial charge in [0.2, 0.25) is 0 Å². The average Bonchev–Trinajstić information content (AvgIpc) is 3.68. The number of hydrogen-bond donors (Lipinski definition) is 1. The van der Waals surface area contributed by atoms with Gasteiger partial charge in [-0.05, 0) is 60.6 Å². The third-order valence-corrected chi connectivity index (χ3v) is 7.27. The van der Waals surface area contributed by atoms with Crippen molar-refractivity contribution in [3.05, 3.63) is 101 Å². The molecule has 194 valence electrons. The number of halogens is 1. The van der Waals surface area contributed by atoms with Crippen LogP contribution < -0.4 is 0 Å².